The van der Waals surface area contributed by atoms with Crippen molar-refractivity contribution in [1.29, 1.82) is 0 Å². The predicted octanol–water partition coefficient (Wildman–Crippen LogP) is 5.30. The summed E-state index contributed by atoms with van der Waals surface area (Å²) in [5.41, 5.74) is 0. The number of alkyl halides is 2. The molecule has 0 saturated carbocycles. The van der Waals surface area contributed by atoms with Crippen LogP contribution in [-0.4, -0.2) is 27.3 Å². The molecular weight excluding hydrogens is 421 g/mol. The minimum absolute atomic E-state index is 0.150. The molecule has 0 bridgehead atoms. The third-order valence-corrected chi connectivity index (χ3v) is 4.63. The molecule has 27 heavy (non-hydrogen) atoms. The van der Waals surface area contributed by atoms with Crippen molar-refractivity contribution in [2.45, 2.75) is 18.2 Å². The normalized spacial score (nSPS) is 11.6. The molecule has 0 aliphatic heterocycles. The van der Waals surface area contributed by atoms with E-state index >= 15 is 0 Å². The maximum atomic E-state index is 13.0. The van der Waals surface area contributed by atoms with E-state index in [2.05, 4.69) is 15.3 Å². The minimum atomic E-state index is -2.79. The Labute approximate surface area is 167 Å². The van der Waals surface area contributed by atoms with Crippen LogP contribution in [0, 0.1) is 0 Å². The number of halogens is 4. The number of furan rings is 1. The summed E-state index contributed by atoms with van der Waals surface area (Å²) in [7, 11) is 0. The van der Waals surface area contributed by atoms with E-state index in [9.17, 15) is 8.78 Å². The summed E-state index contributed by atoms with van der Waals surface area (Å²) in [4.78, 5) is 0. The quantitative estimate of drug-likeness (QED) is 0.374. The molecule has 2 aromatic heterocycles. The standard InChI is InChI=1S/C16H12Cl2F2N4O2S/c1-27-16-23-22-15(14(19)20)24(16)21-7-10-2-3-11(26-10)8-25-9-4-5-12(17)13(18)6-9/h2-7,14H,8H2,1H3/b21-7+. The lowest BCUT2D eigenvalue weighted by Crippen LogP contribution is -2.00. The van der Waals surface area contributed by atoms with Gasteiger partial charge in [0.15, 0.2) is 0 Å². The van der Waals surface area contributed by atoms with Crippen molar-refractivity contribution < 1.29 is 17.9 Å². The molecule has 11 heteroatoms. The van der Waals surface area contributed by atoms with Crippen LogP contribution in [0.3, 0.4) is 0 Å². The smallest absolute Gasteiger partial charge is 0.299 e. The Morgan fingerprint density at radius 3 is 2.78 bits per heavy atom. The topological polar surface area (TPSA) is 65.4 Å². The first-order valence-corrected chi connectivity index (χ1v) is 9.44. The zero-order valence-electron chi connectivity index (χ0n) is 13.8. The number of ether oxygens (including phenoxy) is 1. The van der Waals surface area contributed by atoms with Gasteiger partial charge in [0, 0.05) is 6.07 Å². The zero-order chi connectivity index (χ0) is 19.4. The molecule has 3 rings (SSSR count). The van der Waals surface area contributed by atoms with Crippen LogP contribution in [-0.2, 0) is 6.61 Å². The second-order valence-electron chi connectivity index (χ2n) is 5.07. The summed E-state index contributed by atoms with van der Waals surface area (Å²) < 4.78 is 38.0. The Bertz CT molecular complexity index is 962. The highest BCUT2D eigenvalue weighted by Gasteiger charge is 2.19. The molecule has 0 aliphatic carbocycles. The molecule has 0 amide bonds. The first-order chi connectivity index (χ1) is 13.0. The van der Waals surface area contributed by atoms with Gasteiger partial charge in [0.25, 0.3) is 6.43 Å². The van der Waals surface area contributed by atoms with Gasteiger partial charge < -0.3 is 9.15 Å². The number of nitrogens with zero attached hydrogens (tertiary/aromatic N) is 4. The monoisotopic (exact) mass is 432 g/mol. The summed E-state index contributed by atoms with van der Waals surface area (Å²) in [5, 5.41) is 12.1. The van der Waals surface area contributed by atoms with Crippen LogP contribution in [0.4, 0.5) is 8.78 Å². The van der Waals surface area contributed by atoms with Crippen LogP contribution in [0.1, 0.15) is 23.8 Å². The zero-order valence-corrected chi connectivity index (χ0v) is 16.1. The maximum absolute atomic E-state index is 13.0. The van der Waals surface area contributed by atoms with Gasteiger partial charge in [-0.25, -0.2) is 8.78 Å². The summed E-state index contributed by atoms with van der Waals surface area (Å²) in [5.74, 6) is 0.881. The summed E-state index contributed by atoms with van der Waals surface area (Å²) in [6.45, 7) is 0.150. The number of hydrogen-bond acceptors (Lipinski definition) is 6. The highest BCUT2D eigenvalue weighted by atomic mass is 35.5. The molecule has 0 fully saturated rings. The van der Waals surface area contributed by atoms with Crippen molar-refractivity contribution in [3.05, 3.63) is 57.7 Å². The fourth-order valence-corrected chi connectivity index (χ4v) is 2.75. The van der Waals surface area contributed by atoms with Crippen molar-refractivity contribution in [3.8, 4) is 5.75 Å². The second-order valence-corrected chi connectivity index (χ2v) is 6.66. The summed E-state index contributed by atoms with van der Waals surface area (Å²) in [6, 6.07) is 8.23. The molecule has 0 saturated heterocycles. The predicted molar refractivity (Wildman–Crippen MR) is 99.3 cm³/mol. The van der Waals surface area contributed by atoms with Gasteiger partial charge in [0.2, 0.25) is 11.0 Å². The average molecular weight is 433 g/mol. The highest BCUT2D eigenvalue weighted by Crippen LogP contribution is 2.27. The number of thioether (sulfide) groups is 1. The van der Waals surface area contributed by atoms with E-state index in [1.807, 2.05) is 0 Å². The molecule has 142 valence electrons. The van der Waals surface area contributed by atoms with Crippen LogP contribution in [0.25, 0.3) is 0 Å². The lowest BCUT2D eigenvalue weighted by Gasteiger charge is -2.05. The van der Waals surface area contributed by atoms with Gasteiger partial charge in [-0.15, -0.1) is 10.2 Å². The van der Waals surface area contributed by atoms with Crippen molar-refractivity contribution >= 4 is 41.2 Å². The van der Waals surface area contributed by atoms with Crippen molar-refractivity contribution in [2.75, 3.05) is 6.26 Å². The van der Waals surface area contributed by atoms with Crippen LogP contribution < -0.4 is 4.74 Å². The first kappa shape index (κ1) is 19.7. The van der Waals surface area contributed by atoms with E-state index in [4.69, 9.17) is 32.4 Å². The molecule has 0 atom stereocenters. The van der Waals surface area contributed by atoms with Gasteiger partial charge in [0.05, 0.1) is 16.3 Å². The Balaban J connectivity index is 1.68. The third-order valence-electron chi connectivity index (χ3n) is 3.27. The molecule has 1 aromatic carbocycles. The fraction of sp³-hybridized carbons (Fsp3) is 0.188. The molecule has 2 heterocycles. The minimum Gasteiger partial charge on any atom is -0.486 e. The highest BCUT2D eigenvalue weighted by molar-refractivity contribution is 7.98. The Kier molecular flexibility index (Phi) is 6.35. The third kappa shape index (κ3) is 4.79. The lowest BCUT2D eigenvalue weighted by atomic mass is 10.3. The largest absolute Gasteiger partial charge is 0.486 e. The van der Waals surface area contributed by atoms with Crippen LogP contribution >= 0.6 is 35.0 Å². The number of aromatic nitrogens is 3. The van der Waals surface area contributed by atoms with Crippen LogP contribution in [0.2, 0.25) is 10.0 Å². The fourth-order valence-electron chi connectivity index (χ4n) is 2.03. The van der Waals surface area contributed by atoms with Gasteiger partial charge in [-0.1, -0.05) is 35.0 Å². The Morgan fingerprint density at radius 2 is 2.07 bits per heavy atom. The van der Waals surface area contributed by atoms with Gasteiger partial charge in [-0.05, 0) is 30.5 Å². The summed E-state index contributed by atoms with van der Waals surface area (Å²) >= 11 is 12.9. The van der Waals surface area contributed by atoms with Gasteiger partial charge >= 0.3 is 0 Å². The molecule has 0 N–H and O–H groups in total. The number of rotatable bonds is 7. The Morgan fingerprint density at radius 1 is 1.26 bits per heavy atom. The van der Waals surface area contributed by atoms with Crippen molar-refractivity contribution in [2.24, 2.45) is 5.10 Å². The van der Waals surface area contributed by atoms with E-state index in [0.717, 1.165) is 16.4 Å². The van der Waals surface area contributed by atoms with Crippen LogP contribution in [0.5, 0.6) is 5.75 Å². The molecule has 0 radical (unpaired) electrons. The molecular formula is C16H12Cl2F2N4O2S. The van der Waals surface area contributed by atoms with E-state index in [0.29, 0.717) is 27.3 Å². The van der Waals surface area contributed by atoms with Gasteiger partial charge in [-0.3, -0.25) is 0 Å². The second kappa shape index (κ2) is 8.73. The molecule has 0 spiro atoms. The first-order valence-electron chi connectivity index (χ1n) is 7.46. The van der Waals surface area contributed by atoms with Crippen molar-refractivity contribution in [1.82, 2.24) is 14.9 Å². The lowest BCUT2D eigenvalue weighted by molar-refractivity contribution is 0.135. The molecule has 6 nitrogen and oxygen atoms in total. The van der Waals surface area contributed by atoms with E-state index < -0.39 is 12.2 Å². The number of benzene rings is 1. The SMILES string of the molecule is CSc1nnc(C(F)F)n1/N=C/c1ccc(COc2ccc(Cl)c(Cl)c2)o1. The number of hydrogen-bond donors (Lipinski definition) is 0. The average Bonchev–Trinajstić information content (AvgIpc) is 3.27. The van der Waals surface area contributed by atoms with Crippen LogP contribution in [0.15, 0.2) is 45.0 Å². The summed E-state index contributed by atoms with van der Waals surface area (Å²) in [6.07, 6.45) is 0.205. The molecule has 0 aliphatic rings. The van der Waals surface area contributed by atoms with E-state index in [1.54, 1.807) is 36.6 Å². The van der Waals surface area contributed by atoms with Gasteiger partial charge in [-0.2, -0.15) is 9.78 Å². The van der Waals surface area contributed by atoms with Gasteiger partial charge in [0.1, 0.15) is 23.9 Å². The van der Waals surface area contributed by atoms with E-state index in [-0.39, 0.29) is 11.8 Å². The van der Waals surface area contributed by atoms with E-state index in [1.165, 1.54) is 6.21 Å². The maximum Gasteiger partial charge on any atom is 0.299 e. The molecule has 0 unspecified atom stereocenters. The van der Waals surface area contributed by atoms with Crippen molar-refractivity contribution in [3.63, 3.8) is 0 Å². The Hall–Kier alpha value is -2.10. The molecule has 3 aromatic rings.